The van der Waals surface area contributed by atoms with Crippen molar-refractivity contribution in [3.63, 3.8) is 0 Å². The lowest BCUT2D eigenvalue weighted by molar-refractivity contribution is -0.154. The van der Waals surface area contributed by atoms with Gasteiger partial charge in [-0.15, -0.1) is 0 Å². The third-order valence-corrected chi connectivity index (χ3v) is 2.63. The van der Waals surface area contributed by atoms with Crippen molar-refractivity contribution >= 4 is 0 Å². The summed E-state index contributed by atoms with van der Waals surface area (Å²) in [6.45, 7) is 0.949. The molecule has 0 saturated carbocycles. The fourth-order valence-corrected chi connectivity index (χ4v) is 1.69. The maximum Gasteiger partial charge on any atom is 0.160 e. The zero-order chi connectivity index (χ0) is 12.8. The van der Waals surface area contributed by atoms with Crippen molar-refractivity contribution in [2.24, 2.45) is 0 Å². The minimum absolute atomic E-state index is 0.182. The number of hydrogen-bond donors (Lipinski definition) is 0. The molecule has 0 radical (unpaired) electrons. The molecule has 4 heteroatoms. The Balaban J connectivity index is 1.82. The Kier molecular flexibility index (Phi) is 4.68. The van der Waals surface area contributed by atoms with E-state index in [0.717, 1.165) is 38.0 Å². The molecule has 0 aliphatic carbocycles. The molecular formula is C14H14F2O2. The average molecular weight is 252 g/mol. The maximum absolute atomic E-state index is 12.9. The molecule has 1 aromatic carbocycles. The van der Waals surface area contributed by atoms with Gasteiger partial charge in [-0.05, 0) is 37.5 Å². The molecule has 1 heterocycles. The second kappa shape index (κ2) is 6.48. The van der Waals surface area contributed by atoms with E-state index in [-0.39, 0.29) is 12.9 Å². The van der Waals surface area contributed by atoms with Crippen LogP contribution in [0.4, 0.5) is 8.78 Å². The predicted molar refractivity (Wildman–Crippen MR) is 62.8 cm³/mol. The van der Waals surface area contributed by atoms with E-state index in [1.165, 1.54) is 6.07 Å². The summed E-state index contributed by atoms with van der Waals surface area (Å²) in [7, 11) is 0. The maximum atomic E-state index is 12.9. The van der Waals surface area contributed by atoms with Gasteiger partial charge in [-0.2, -0.15) is 0 Å². The highest BCUT2D eigenvalue weighted by Gasteiger charge is 2.12. The van der Waals surface area contributed by atoms with Gasteiger partial charge in [0.15, 0.2) is 17.9 Å². The Morgan fingerprint density at radius 3 is 2.89 bits per heavy atom. The highest BCUT2D eigenvalue weighted by Crippen LogP contribution is 2.13. The Labute approximate surface area is 105 Å². The van der Waals surface area contributed by atoms with Crippen LogP contribution in [0.15, 0.2) is 18.2 Å². The Bertz CT molecular complexity index is 457. The third kappa shape index (κ3) is 3.80. The number of benzene rings is 1. The first kappa shape index (κ1) is 13.0. The minimum Gasteiger partial charge on any atom is -0.353 e. The van der Waals surface area contributed by atoms with E-state index in [1.807, 2.05) is 0 Å². The summed E-state index contributed by atoms with van der Waals surface area (Å²) >= 11 is 0. The van der Waals surface area contributed by atoms with Crippen LogP contribution in [0, 0.1) is 23.5 Å². The predicted octanol–water partition coefficient (Wildman–Crippen LogP) is 2.86. The monoisotopic (exact) mass is 252 g/mol. The molecule has 1 unspecified atom stereocenters. The van der Waals surface area contributed by atoms with Crippen LogP contribution in [-0.4, -0.2) is 19.5 Å². The molecule has 0 aromatic heterocycles. The molecule has 1 fully saturated rings. The van der Waals surface area contributed by atoms with Gasteiger partial charge in [-0.25, -0.2) is 8.78 Å². The van der Waals surface area contributed by atoms with Gasteiger partial charge in [0, 0.05) is 12.2 Å². The van der Waals surface area contributed by atoms with Gasteiger partial charge in [-0.3, -0.25) is 0 Å². The highest BCUT2D eigenvalue weighted by molar-refractivity contribution is 5.34. The molecule has 1 aromatic rings. The van der Waals surface area contributed by atoms with Crippen molar-refractivity contribution in [2.75, 3.05) is 13.2 Å². The molecule has 2 nitrogen and oxygen atoms in total. The largest absolute Gasteiger partial charge is 0.353 e. The van der Waals surface area contributed by atoms with Crippen molar-refractivity contribution in [1.82, 2.24) is 0 Å². The lowest BCUT2D eigenvalue weighted by Crippen LogP contribution is -2.22. The summed E-state index contributed by atoms with van der Waals surface area (Å²) in [6, 6.07) is 3.56. The van der Waals surface area contributed by atoms with E-state index < -0.39 is 11.6 Å². The molecule has 0 bridgehead atoms. The second-order valence-electron chi connectivity index (χ2n) is 4.04. The van der Waals surface area contributed by atoms with Crippen LogP contribution in [-0.2, 0) is 9.47 Å². The van der Waals surface area contributed by atoms with Crippen molar-refractivity contribution in [1.29, 1.82) is 0 Å². The van der Waals surface area contributed by atoms with E-state index in [0.29, 0.717) is 5.56 Å². The van der Waals surface area contributed by atoms with Gasteiger partial charge >= 0.3 is 0 Å². The molecule has 0 N–H and O–H groups in total. The topological polar surface area (TPSA) is 18.5 Å². The first-order valence-corrected chi connectivity index (χ1v) is 5.93. The minimum atomic E-state index is -0.890. The summed E-state index contributed by atoms with van der Waals surface area (Å²) in [5.41, 5.74) is 0.432. The number of hydrogen-bond acceptors (Lipinski definition) is 2. The van der Waals surface area contributed by atoms with E-state index >= 15 is 0 Å². The smallest absolute Gasteiger partial charge is 0.160 e. The molecule has 1 atom stereocenters. The first-order valence-electron chi connectivity index (χ1n) is 5.93. The van der Waals surface area contributed by atoms with Crippen LogP contribution in [0.2, 0.25) is 0 Å². The number of halogens is 2. The van der Waals surface area contributed by atoms with E-state index in [9.17, 15) is 8.78 Å². The molecule has 96 valence electrons. The van der Waals surface area contributed by atoms with Crippen molar-refractivity contribution in [3.05, 3.63) is 35.4 Å². The lowest BCUT2D eigenvalue weighted by Gasteiger charge is -2.21. The standard InChI is InChI=1S/C14H14F2O2/c15-12-7-6-11(10-13(12)16)4-3-9-18-14-5-1-2-8-17-14/h6-7,10,14H,1-2,5,8-9H2. The molecule has 1 aliphatic heterocycles. The van der Waals surface area contributed by atoms with Crippen LogP contribution < -0.4 is 0 Å². The average Bonchev–Trinajstić information content (AvgIpc) is 2.40. The summed E-state index contributed by atoms with van der Waals surface area (Å²) in [4.78, 5) is 0. The van der Waals surface area contributed by atoms with Crippen LogP contribution in [0.25, 0.3) is 0 Å². The molecule has 1 aliphatic rings. The number of rotatable bonds is 2. The first-order chi connectivity index (χ1) is 8.75. The summed E-state index contributed by atoms with van der Waals surface area (Å²) < 4.78 is 36.3. The van der Waals surface area contributed by atoms with Gasteiger partial charge in [0.05, 0.1) is 0 Å². The summed E-state index contributed by atoms with van der Waals surface area (Å²) in [5.74, 6) is 3.71. The molecule has 1 saturated heterocycles. The molecule has 18 heavy (non-hydrogen) atoms. The molecule has 0 amide bonds. The van der Waals surface area contributed by atoms with Gasteiger partial charge in [0.1, 0.15) is 6.61 Å². The Morgan fingerprint density at radius 1 is 1.28 bits per heavy atom. The van der Waals surface area contributed by atoms with E-state index in [2.05, 4.69) is 11.8 Å². The second-order valence-corrected chi connectivity index (χ2v) is 4.04. The quantitative estimate of drug-likeness (QED) is 0.753. The van der Waals surface area contributed by atoms with Crippen molar-refractivity contribution < 1.29 is 18.3 Å². The van der Waals surface area contributed by atoms with Gasteiger partial charge in [0.2, 0.25) is 0 Å². The Morgan fingerprint density at radius 2 is 2.17 bits per heavy atom. The van der Waals surface area contributed by atoms with Crippen LogP contribution >= 0.6 is 0 Å². The van der Waals surface area contributed by atoms with Gasteiger partial charge in [0.25, 0.3) is 0 Å². The summed E-state index contributed by atoms with van der Waals surface area (Å²) in [6.07, 6.45) is 2.87. The van der Waals surface area contributed by atoms with Crippen LogP contribution in [0.5, 0.6) is 0 Å². The highest BCUT2D eigenvalue weighted by atomic mass is 19.2. The SMILES string of the molecule is Fc1ccc(C#CCOC2CCCCO2)cc1F. The van der Waals surface area contributed by atoms with Gasteiger partial charge in [-0.1, -0.05) is 11.8 Å². The van der Waals surface area contributed by atoms with E-state index in [4.69, 9.17) is 9.47 Å². The number of ether oxygens (including phenoxy) is 2. The third-order valence-electron chi connectivity index (χ3n) is 2.63. The zero-order valence-electron chi connectivity index (χ0n) is 9.92. The van der Waals surface area contributed by atoms with E-state index in [1.54, 1.807) is 0 Å². The van der Waals surface area contributed by atoms with Crippen LogP contribution in [0.1, 0.15) is 24.8 Å². The fraction of sp³-hybridized carbons (Fsp3) is 0.429. The molecule has 2 rings (SSSR count). The summed E-state index contributed by atoms with van der Waals surface area (Å²) in [5, 5.41) is 0. The fourth-order valence-electron chi connectivity index (χ4n) is 1.69. The lowest BCUT2D eigenvalue weighted by atomic mass is 10.2. The molecule has 0 spiro atoms. The molecular weight excluding hydrogens is 238 g/mol. The van der Waals surface area contributed by atoms with Crippen molar-refractivity contribution in [3.8, 4) is 11.8 Å². The van der Waals surface area contributed by atoms with Crippen molar-refractivity contribution in [2.45, 2.75) is 25.6 Å². The van der Waals surface area contributed by atoms with Gasteiger partial charge < -0.3 is 9.47 Å². The zero-order valence-corrected chi connectivity index (χ0v) is 9.92. The normalized spacial score (nSPS) is 19.1. The Hall–Kier alpha value is -1.44. The van der Waals surface area contributed by atoms with Crippen LogP contribution in [0.3, 0.4) is 0 Å².